The van der Waals surface area contributed by atoms with Crippen LogP contribution in [0.4, 0.5) is 0 Å². The first-order valence-electron chi connectivity index (χ1n) is 8.50. The van der Waals surface area contributed by atoms with Gasteiger partial charge in [-0.15, -0.1) is 0 Å². The summed E-state index contributed by atoms with van der Waals surface area (Å²) in [4.78, 5) is 2.75. The van der Waals surface area contributed by atoms with Crippen LogP contribution in [0.5, 0.6) is 0 Å². The van der Waals surface area contributed by atoms with Gasteiger partial charge in [0.15, 0.2) is 0 Å². The lowest BCUT2D eigenvalue weighted by Crippen LogP contribution is -2.53. The number of nitrogens with zero attached hydrogens (tertiary/aromatic N) is 1. The summed E-state index contributed by atoms with van der Waals surface area (Å²) in [6.07, 6.45) is 11.4. The first-order chi connectivity index (χ1) is 9.05. The van der Waals surface area contributed by atoms with Crippen LogP contribution >= 0.6 is 0 Å². The van der Waals surface area contributed by atoms with Crippen molar-refractivity contribution in [2.75, 3.05) is 13.6 Å². The maximum absolute atomic E-state index is 3.73. The molecule has 0 aromatic carbocycles. The monoisotopic (exact) mass is 264 g/mol. The Kier molecular flexibility index (Phi) is 3.92. The smallest absolute Gasteiger partial charge is 0.0136 e. The molecule has 0 aromatic rings. The second-order valence-electron chi connectivity index (χ2n) is 8.15. The van der Waals surface area contributed by atoms with Gasteiger partial charge in [-0.1, -0.05) is 13.8 Å². The van der Waals surface area contributed by atoms with Crippen molar-refractivity contribution >= 4 is 0 Å². The second-order valence-corrected chi connectivity index (χ2v) is 8.15. The van der Waals surface area contributed by atoms with Crippen LogP contribution in [0.25, 0.3) is 0 Å². The van der Waals surface area contributed by atoms with Crippen molar-refractivity contribution in [1.29, 1.82) is 0 Å². The van der Waals surface area contributed by atoms with E-state index >= 15 is 0 Å². The molecule has 0 spiro atoms. The van der Waals surface area contributed by atoms with Gasteiger partial charge >= 0.3 is 0 Å². The van der Waals surface area contributed by atoms with E-state index in [2.05, 4.69) is 31.1 Å². The Morgan fingerprint density at radius 1 is 1.00 bits per heavy atom. The molecule has 110 valence electrons. The highest BCUT2D eigenvalue weighted by Gasteiger charge is 2.39. The summed E-state index contributed by atoms with van der Waals surface area (Å²) in [7, 11) is 2.40. The molecule has 2 heteroatoms. The Morgan fingerprint density at radius 3 is 2.21 bits per heavy atom. The van der Waals surface area contributed by atoms with Gasteiger partial charge in [0.25, 0.3) is 0 Å². The third kappa shape index (κ3) is 3.33. The average Bonchev–Trinajstić information content (AvgIpc) is 3.11. The van der Waals surface area contributed by atoms with Crippen molar-refractivity contribution in [1.82, 2.24) is 10.2 Å². The second kappa shape index (κ2) is 5.37. The molecule has 3 rings (SSSR count). The largest absolute Gasteiger partial charge is 0.314 e. The van der Waals surface area contributed by atoms with E-state index in [9.17, 15) is 0 Å². The Balaban J connectivity index is 1.45. The van der Waals surface area contributed by atoms with Crippen LogP contribution in [-0.2, 0) is 0 Å². The Morgan fingerprint density at radius 2 is 1.68 bits per heavy atom. The minimum atomic E-state index is 0.601. The molecule has 0 aliphatic heterocycles. The molecule has 3 saturated carbocycles. The van der Waals surface area contributed by atoms with Gasteiger partial charge < -0.3 is 10.2 Å². The van der Waals surface area contributed by atoms with Crippen molar-refractivity contribution < 1.29 is 0 Å². The van der Waals surface area contributed by atoms with Gasteiger partial charge in [0.1, 0.15) is 0 Å². The highest BCUT2D eigenvalue weighted by Crippen LogP contribution is 2.40. The van der Waals surface area contributed by atoms with Gasteiger partial charge in [-0.25, -0.2) is 0 Å². The first kappa shape index (κ1) is 13.9. The highest BCUT2D eigenvalue weighted by molar-refractivity contribution is 4.94. The number of nitrogens with one attached hydrogen (secondary N) is 1. The quantitative estimate of drug-likeness (QED) is 0.818. The molecular weight excluding hydrogens is 232 g/mol. The molecular formula is C17H32N2. The lowest BCUT2D eigenvalue weighted by molar-refractivity contribution is 0.0211. The minimum absolute atomic E-state index is 0.601. The molecule has 2 nitrogen and oxygen atoms in total. The van der Waals surface area contributed by atoms with E-state index in [0.717, 1.165) is 24.0 Å². The van der Waals surface area contributed by atoms with Gasteiger partial charge in [0.05, 0.1) is 0 Å². The highest BCUT2D eigenvalue weighted by atomic mass is 15.2. The molecule has 3 aliphatic carbocycles. The first-order valence-corrected chi connectivity index (χ1v) is 8.50. The Bertz CT molecular complexity index is 298. The van der Waals surface area contributed by atoms with Crippen LogP contribution in [0, 0.1) is 11.3 Å². The molecule has 0 saturated heterocycles. The van der Waals surface area contributed by atoms with Crippen molar-refractivity contribution in [3.8, 4) is 0 Å². The molecule has 3 aliphatic rings. The van der Waals surface area contributed by atoms with Crippen molar-refractivity contribution in [2.45, 2.75) is 83.3 Å². The zero-order chi connectivity index (χ0) is 13.5. The third-order valence-corrected chi connectivity index (χ3v) is 6.03. The lowest BCUT2D eigenvalue weighted by Gasteiger charge is -2.48. The van der Waals surface area contributed by atoms with E-state index in [1.165, 1.54) is 57.9 Å². The lowest BCUT2D eigenvalue weighted by atomic mass is 9.73. The molecule has 2 unspecified atom stereocenters. The van der Waals surface area contributed by atoms with Gasteiger partial charge in [-0.3, -0.25) is 0 Å². The van der Waals surface area contributed by atoms with Crippen molar-refractivity contribution in [2.24, 2.45) is 11.3 Å². The molecule has 3 fully saturated rings. The zero-order valence-corrected chi connectivity index (χ0v) is 13.1. The number of hydrogen-bond donors (Lipinski definition) is 1. The molecule has 0 radical (unpaired) electrons. The predicted molar refractivity (Wildman–Crippen MR) is 81.3 cm³/mol. The number of hydrogen-bond acceptors (Lipinski definition) is 2. The molecule has 0 amide bonds. The average molecular weight is 264 g/mol. The maximum atomic E-state index is 3.73. The van der Waals surface area contributed by atoms with Crippen LogP contribution in [-0.4, -0.2) is 36.6 Å². The summed E-state index contributed by atoms with van der Waals surface area (Å²) in [5, 5.41) is 3.73. The number of rotatable bonds is 5. The van der Waals surface area contributed by atoms with Crippen LogP contribution in [0.3, 0.4) is 0 Å². The van der Waals surface area contributed by atoms with Crippen LogP contribution in [0.15, 0.2) is 0 Å². The molecule has 2 atom stereocenters. The fraction of sp³-hybridized carbons (Fsp3) is 1.00. The van der Waals surface area contributed by atoms with E-state index in [1.54, 1.807) is 0 Å². The Labute approximate surface area is 119 Å². The predicted octanol–water partition coefficient (Wildman–Crippen LogP) is 3.42. The molecule has 19 heavy (non-hydrogen) atoms. The van der Waals surface area contributed by atoms with Crippen molar-refractivity contribution in [3.63, 3.8) is 0 Å². The summed E-state index contributed by atoms with van der Waals surface area (Å²) >= 11 is 0. The molecule has 0 bridgehead atoms. The van der Waals surface area contributed by atoms with Gasteiger partial charge in [0, 0.05) is 18.1 Å². The topological polar surface area (TPSA) is 15.3 Å². The summed E-state index contributed by atoms with van der Waals surface area (Å²) < 4.78 is 0. The van der Waals surface area contributed by atoms with E-state index in [4.69, 9.17) is 0 Å². The van der Waals surface area contributed by atoms with Crippen LogP contribution in [0.1, 0.15) is 65.2 Å². The zero-order valence-electron chi connectivity index (χ0n) is 13.1. The summed E-state index contributed by atoms with van der Waals surface area (Å²) in [5.41, 5.74) is 0.601. The van der Waals surface area contributed by atoms with Crippen LogP contribution < -0.4 is 5.32 Å². The molecule has 0 heterocycles. The Hall–Kier alpha value is -0.0800. The summed E-state index contributed by atoms with van der Waals surface area (Å²) in [6.45, 7) is 6.15. The van der Waals surface area contributed by atoms with Gasteiger partial charge in [0.2, 0.25) is 0 Å². The molecule has 0 aromatic heterocycles. The standard InChI is InChI=1S/C17H32N2/c1-17(2)10-8-15(9-11-17)19(3)16-7-4-13(16)12-18-14-5-6-14/h13-16,18H,4-12H2,1-3H3. The normalized spacial score (nSPS) is 35.4. The van der Waals surface area contributed by atoms with Crippen molar-refractivity contribution in [3.05, 3.63) is 0 Å². The summed E-state index contributed by atoms with van der Waals surface area (Å²) in [6, 6.07) is 2.61. The minimum Gasteiger partial charge on any atom is -0.314 e. The van der Waals surface area contributed by atoms with E-state index in [-0.39, 0.29) is 0 Å². The fourth-order valence-corrected chi connectivity index (χ4v) is 3.99. The summed E-state index contributed by atoms with van der Waals surface area (Å²) in [5.74, 6) is 0.931. The third-order valence-electron chi connectivity index (χ3n) is 6.03. The maximum Gasteiger partial charge on any atom is 0.0136 e. The van der Waals surface area contributed by atoms with E-state index in [0.29, 0.717) is 5.41 Å². The molecule has 1 N–H and O–H groups in total. The SMILES string of the molecule is CN(C1CCC(C)(C)CC1)C1CCC1CNC1CC1. The van der Waals surface area contributed by atoms with E-state index < -0.39 is 0 Å². The van der Waals surface area contributed by atoms with E-state index in [1.807, 2.05) is 0 Å². The van der Waals surface area contributed by atoms with Gasteiger partial charge in [-0.2, -0.15) is 0 Å². The van der Waals surface area contributed by atoms with Gasteiger partial charge in [-0.05, 0) is 76.3 Å². The fourth-order valence-electron chi connectivity index (χ4n) is 3.99. The van der Waals surface area contributed by atoms with Crippen LogP contribution in [0.2, 0.25) is 0 Å².